The first-order chi connectivity index (χ1) is 12.0. The molecule has 0 unspecified atom stereocenters. The quantitative estimate of drug-likeness (QED) is 0.615. The first kappa shape index (κ1) is 19.9. The van der Waals surface area contributed by atoms with Crippen molar-refractivity contribution in [2.75, 3.05) is 11.9 Å². The Kier molecular flexibility index (Phi) is 6.40. The Morgan fingerprint density at radius 1 is 1.23 bits per heavy atom. The lowest BCUT2D eigenvalue weighted by Gasteiger charge is -2.15. The summed E-state index contributed by atoms with van der Waals surface area (Å²) in [6.45, 7) is 5.91. The molecule has 0 radical (unpaired) electrons. The smallest absolute Gasteiger partial charge is 0.341 e. The maximum atomic E-state index is 12.3. The summed E-state index contributed by atoms with van der Waals surface area (Å²) in [5.41, 5.74) is 4.09. The lowest BCUT2D eigenvalue weighted by atomic mass is 10.1. The van der Waals surface area contributed by atoms with E-state index < -0.39 is 5.97 Å². The molecule has 0 saturated carbocycles. The van der Waals surface area contributed by atoms with Crippen LogP contribution < -0.4 is 5.32 Å². The highest BCUT2D eigenvalue weighted by Gasteiger charge is 2.18. The molecule has 2 aromatic heterocycles. The molecule has 0 fully saturated rings. The van der Waals surface area contributed by atoms with Crippen molar-refractivity contribution in [2.45, 2.75) is 20.8 Å². The molecule has 0 bridgehead atoms. The average Bonchev–Trinajstić information content (AvgIpc) is 2.57. The molecule has 1 aromatic carbocycles. The Morgan fingerprint density at radius 3 is 2.69 bits per heavy atom. The van der Waals surface area contributed by atoms with Gasteiger partial charge in [0.15, 0.2) is 5.65 Å². The van der Waals surface area contributed by atoms with Crippen molar-refractivity contribution in [1.29, 1.82) is 0 Å². The number of halogens is 2. The number of anilines is 2. The molecule has 7 heteroatoms. The van der Waals surface area contributed by atoms with Crippen LogP contribution in [-0.4, -0.2) is 22.5 Å². The molecule has 5 nitrogen and oxygen atoms in total. The van der Waals surface area contributed by atoms with Crippen LogP contribution in [0.3, 0.4) is 0 Å². The van der Waals surface area contributed by atoms with Crippen molar-refractivity contribution >= 4 is 52.4 Å². The molecule has 3 rings (SSSR count). The van der Waals surface area contributed by atoms with Gasteiger partial charge in [-0.25, -0.2) is 14.8 Å². The normalized spacial score (nSPS) is 10.3. The second-order valence-corrected chi connectivity index (χ2v) is 6.11. The fraction of sp³-hybridized carbons (Fsp3) is 0.211. The first-order valence-electron chi connectivity index (χ1n) is 7.96. The van der Waals surface area contributed by atoms with Crippen molar-refractivity contribution in [3.63, 3.8) is 0 Å². The van der Waals surface area contributed by atoms with Gasteiger partial charge in [0.05, 0.1) is 23.0 Å². The fourth-order valence-electron chi connectivity index (χ4n) is 2.53. The molecule has 1 N–H and O–H groups in total. The van der Waals surface area contributed by atoms with Gasteiger partial charge in [-0.2, -0.15) is 0 Å². The molecule has 0 spiro atoms. The number of nitrogens with one attached hydrogen (secondary N) is 1. The summed E-state index contributed by atoms with van der Waals surface area (Å²) in [5, 5.41) is 4.56. The summed E-state index contributed by atoms with van der Waals surface area (Å²) in [7, 11) is 0. The van der Waals surface area contributed by atoms with E-state index in [0.717, 1.165) is 16.6 Å². The zero-order chi connectivity index (χ0) is 18.0. The summed E-state index contributed by atoms with van der Waals surface area (Å²) >= 11 is 6.34. The van der Waals surface area contributed by atoms with Crippen molar-refractivity contribution in [3.8, 4) is 0 Å². The number of fused-ring (bicyclic) bond motifs is 1. The third-order valence-corrected chi connectivity index (χ3v) is 4.06. The Balaban J connectivity index is 0.00000243. The number of ether oxygens (including phenoxy) is 1. The molecular formula is C19H19Cl2N3O2. The van der Waals surface area contributed by atoms with Gasteiger partial charge in [0, 0.05) is 17.3 Å². The third-order valence-electron chi connectivity index (χ3n) is 3.75. The fourth-order valence-corrected chi connectivity index (χ4v) is 2.81. The van der Waals surface area contributed by atoms with Crippen LogP contribution >= 0.6 is 24.0 Å². The van der Waals surface area contributed by atoms with Crippen molar-refractivity contribution < 1.29 is 9.53 Å². The lowest BCUT2D eigenvalue weighted by Crippen LogP contribution is -2.10. The number of carbonyl (C=O) groups is 1. The van der Waals surface area contributed by atoms with Gasteiger partial charge < -0.3 is 10.1 Å². The van der Waals surface area contributed by atoms with E-state index in [2.05, 4.69) is 15.3 Å². The van der Waals surface area contributed by atoms with E-state index in [1.54, 1.807) is 6.92 Å². The number of rotatable bonds is 4. The number of benzene rings is 1. The SMILES string of the molecule is CCOC(=O)c1cnc2nc(C)ccc2c1Nc1ccc(C)cc1Cl.Cl. The van der Waals surface area contributed by atoms with Crippen LogP contribution in [0.1, 0.15) is 28.5 Å². The zero-order valence-corrected chi connectivity index (χ0v) is 16.2. The second kappa shape index (κ2) is 8.34. The van der Waals surface area contributed by atoms with Crippen LogP contribution in [0.25, 0.3) is 11.0 Å². The summed E-state index contributed by atoms with van der Waals surface area (Å²) < 4.78 is 5.16. The molecular weight excluding hydrogens is 373 g/mol. The van der Waals surface area contributed by atoms with Crippen LogP contribution in [-0.2, 0) is 4.74 Å². The Bertz CT molecular complexity index is 961. The number of nitrogens with zero attached hydrogens (tertiary/aromatic N) is 2. The zero-order valence-electron chi connectivity index (χ0n) is 14.7. The summed E-state index contributed by atoms with van der Waals surface area (Å²) in [6, 6.07) is 9.45. The highest BCUT2D eigenvalue weighted by molar-refractivity contribution is 6.33. The van der Waals surface area contributed by atoms with E-state index in [1.807, 2.05) is 44.2 Å². The van der Waals surface area contributed by atoms with Crippen LogP contribution in [0.4, 0.5) is 11.4 Å². The number of aromatic nitrogens is 2. The number of esters is 1. The lowest BCUT2D eigenvalue weighted by molar-refractivity contribution is 0.0527. The van der Waals surface area contributed by atoms with Gasteiger partial charge in [0.25, 0.3) is 0 Å². The third kappa shape index (κ3) is 4.06. The minimum atomic E-state index is -0.441. The van der Waals surface area contributed by atoms with E-state index in [-0.39, 0.29) is 19.0 Å². The van der Waals surface area contributed by atoms with E-state index >= 15 is 0 Å². The molecule has 26 heavy (non-hydrogen) atoms. The highest BCUT2D eigenvalue weighted by Crippen LogP contribution is 2.32. The predicted molar refractivity (Wildman–Crippen MR) is 107 cm³/mol. The number of carbonyl (C=O) groups excluding carboxylic acids is 1. The van der Waals surface area contributed by atoms with E-state index in [9.17, 15) is 4.79 Å². The maximum absolute atomic E-state index is 12.3. The van der Waals surface area contributed by atoms with Crippen LogP contribution in [0.15, 0.2) is 36.5 Å². The van der Waals surface area contributed by atoms with Crippen molar-refractivity contribution in [2.24, 2.45) is 0 Å². The van der Waals surface area contributed by atoms with E-state index in [1.165, 1.54) is 6.20 Å². The molecule has 136 valence electrons. The average molecular weight is 392 g/mol. The summed E-state index contributed by atoms with van der Waals surface area (Å²) in [4.78, 5) is 21.1. The molecule has 0 saturated heterocycles. The molecule has 2 heterocycles. The van der Waals surface area contributed by atoms with Gasteiger partial charge >= 0.3 is 5.97 Å². The Labute approximate surface area is 163 Å². The maximum Gasteiger partial charge on any atom is 0.341 e. The van der Waals surface area contributed by atoms with Crippen LogP contribution in [0, 0.1) is 13.8 Å². The van der Waals surface area contributed by atoms with E-state index in [4.69, 9.17) is 16.3 Å². The number of hydrogen-bond donors (Lipinski definition) is 1. The van der Waals surface area contributed by atoms with Gasteiger partial charge in [0.2, 0.25) is 0 Å². The standard InChI is InChI=1S/C19H18ClN3O2.ClH/c1-4-25-19(24)14-10-21-18-13(7-6-12(3)22-18)17(14)23-16-8-5-11(2)9-15(16)20;/h5-10H,4H2,1-3H3,(H,21,22,23);1H. The van der Waals surface area contributed by atoms with Gasteiger partial charge in [0.1, 0.15) is 5.56 Å². The second-order valence-electron chi connectivity index (χ2n) is 5.70. The van der Waals surface area contributed by atoms with Gasteiger partial charge in [-0.15, -0.1) is 12.4 Å². The molecule has 0 aliphatic carbocycles. The van der Waals surface area contributed by atoms with Crippen molar-refractivity contribution in [3.05, 3.63) is 58.4 Å². The van der Waals surface area contributed by atoms with E-state index in [0.29, 0.717) is 27.6 Å². The topological polar surface area (TPSA) is 64.1 Å². The van der Waals surface area contributed by atoms with Gasteiger partial charge in [-0.1, -0.05) is 17.7 Å². The molecule has 0 atom stereocenters. The first-order valence-corrected chi connectivity index (χ1v) is 8.34. The highest BCUT2D eigenvalue weighted by atomic mass is 35.5. The molecule has 0 amide bonds. The number of hydrogen-bond acceptors (Lipinski definition) is 5. The largest absolute Gasteiger partial charge is 0.462 e. The molecule has 0 aliphatic heterocycles. The Morgan fingerprint density at radius 2 is 2.00 bits per heavy atom. The monoisotopic (exact) mass is 391 g/mol. The van der Waals surface area contributed by atoms with Gasteiger partial charge in [-0.05, 0) is 50.6 Å². The predicted octanol–water partition coefficient (Wildman–Crippen LogP) is 5.24. The summed E-state index contributed by atoms with van der Waals surface area (Å²) in [6.07, 6.45) is 1.48. The summed E-state index contributed by atoms with van der Waals surface area (Å²) in [5.74, 6) is -0.441. The Hall–Kier alpha value is -2.37. The number of aryl methyl sites for hydroxylation is 2. The van der Waals surface area contributed by atoms with Crippen LogP contribution in [0.2, 0.25) is 5.02 Å². The van der Waals surface area contributed by atoms with Crippen molar-refractivity contribution in [1.82, 2.24) is 9.97 Å². The molecule has 3 aromatic rings. The van der Waals surface area contributed by atoms with Gasteiger partial charge in [-0.3, -0.25) is 0 Å². The minimum absolute atomic E-state index is 0. The minimum Gasteiger partial charge on any atom is -0.462 e. The van der Waals surface area contributed by atoms with Crippen LogP contribution in [0.5, 0.6) is 0 Å². The number of pyridine rings is 2. The molecule has 0 aliphatic rings.